The highest BCUT2D eigenvalue weighted by Crippen LogP contribution is 2.25. The second-order valence-corrected chi connectivity index (χ2v) is 5.80. The first-order chi connectivity index (χ1) is 11.6. The van der Waals surface area contributed by atoms with Gasteiger partial charge in [-0.05, 0) is 42.7 Å². The lowest BCUT2D eigenvalue weighted by Crippen LogP contribution is -2.36. The summed E-state index contributed by atoms with van der Waals surface area (Å²) in [7, 11) is 0. The van der Waals surface area contributed by atoms with Gasteiger partial charge in [0.2, 0.25) is 0 Å². The normalized spacial score (nSPS) is 11.9. The minimum atomic E-state index is -0.795. The molecular formula is C19H24N2O3. The number of carboxylic acid groups (broad SMARTS) is 1. The van der Waals surface area contributed by atoms with Crippen molar-refractivity contribution in [3.05, 3.63) is 53.9 Å². The maximum Gasteiger partial charge on any atom is 0.320 e. The van der Waals surface area contributed by atoms with Gasteiger partial charge in [-0.3, -0.25) is 9.78 Å². The molecule has 24 heavy (non-hydrogen) atoms. The average Bonchev–Trinajstić information content (AvgIpc) is 2.58. The van der Waals surface area contributed by atoms with Crippen LogP contribution in [0.5, 0.6) is 11.5 Å². The Hall–Kier alpha value is -2.40. The quantitative estimate of drug-likeness (QED) is 0.730. The smallest absolute Gasteiger partial charge is 0.320 e. The first kappa shape index (κ1) is 17.9. The molecule has 0 spiro atoms. The maximum atomic E-state index is 11.3. The number of aryl methyl sites for hydroxylation is 1. The Bertz CT molecular complexity index is 659. The molecule has 2 aromatic rings. The van der Waals surface area contributed by atoms with Crippen LogP contribution in [0.15, 0.2) is 42.7 Å². The Balaban J connectivity index is 1.97. The van der Waals surface area contributed by atoms with E-state index < -0.39 is 12.0 Å². The van der Waals surface area contributed by atoms with Crippen LogP contribution in [0.25, 0.3) is 0 Å². The van der Waals surface area contributed by atoms with E-state index in [0.717, 1.165) is 29.7 Å². The monoisotopic (exact) mass is 328 g/mol. The molecule has 0 aliphatic rings. The lowest BCUT2D eigenvalue weighted by Gasteiger charge is -2.15. The maximum absolute atomic E-state index is 11.3. The van der Waals surface area contributed by atoms with Gasteiger partial charge in [-0.25, -0.2) is 0 Å². The number of aliphatic carboxylic acids is 1. The second kappa shape index (κ2) is 9.03. The molecule has 1 atom stereocenters. The zero-order valence-electron chi connectivity index (χ0n) is 14.2. The fourth-order valence-electron chi connectivity index (χ4n) is 2.43. The number of rotatable bonds is 9. The molecule has 2 N–H and O–H groups in total. The van der Waals surface area contributed by atoms with Crippen LogP contribution in [0.3, 0.4) is 0 Å². The lowest BCUT2D eigenvalue weighted by atomic mass is 10.1. The number of aromatic nitrogens is 1. The van der Waals surface area contributed by atoms with E-state index in [-0.39, 0.29) is 0 Å². The van der Waals surface area contributed by atoms with Crippen molar-refractivity contribution in [2.75, 3.05) is 0 Å². The molecule has 0 aliphatic carbocycles. The minimum Gasteiger partial charge on any atom is -0.480 e. The summed E-state index contributed by atoms with van der Waals surface area (Å²) in [6, 6.07) is 9.04. The van der Waals surface area contributed by atoms with Crippen molar-refractivity contribution in [2.45, 2.75) is 45.7 Å². The highest BCUT2D eigenvalue weighted by molar-refractivity contribution is 5.73. The van der Waals surface area contributed by atoms with Crippen molar-refractivity contribution >= 4 is 5.97 Å². The van der Waals surface area contributed by atoms with E-state index in [0.29, 0.717) is 18.7 Å². The SMILES string of the molecule is CCCCC(NCc1ccc(Oc2cccnc2)c(C)c1)C(=O)O. The summed E-state index contributed by atoms with van der Waals surface area (Å²) in [6.07, 6.45) is 5.91. The van der Waals surface area contributed by atoms with Crippen LogP contribution in [0.1, 0.15) is 37.3 Å². The molecule has 0 saturated carbocycles. The van der Waals surface area contributed by atoms with Gasteiger partial charge >= 0.3 is 5.97 Å². The third-order valence-electron chi connectivity index (χ3n) is 3.80. The summed E-state index contributed by atoms with van der Waals surface area (Å²) in [5, 5.41) is 12.4. The van der Waals surface area contributed by atoms with Gasteiger partial charge in [0, 0.05) is 12.7 Å². The van der Waals surface area contributed by atoms with Gasteiger partial charge in [0.25, 0.3) is 0 Å². The summed E-state index contributed by atoms with van der Waals surface area (Å²) in [5.41, 5.74) is 2.03. The highest BCUT2D eigenvalue weighted by Gasteiger charge is 2.15. The van der Waals surface area contributed by atoms with Gasteiger partial charge in [-0.15, -0.1) is 0 Å². The number of nitrogens with zero attached hydrogens (tertiary/aromatic N) is 1. The number of hydrogen-bond acceptors (Lipinski definition) is 4. The van der Waals surface area contributed by atoms with Crippen molar-refractivity contribution in [3.8, 4) is 11.5 Å². The molecular weight excluding hydrogens is 304 g/mol. The van der Waals surface area contributed by atoms with E-state index in [1.807, 2.05) is 37.3 Å². The number of nitrogens with one attached hydrogen (secondary N) is 1. The van der Waals surface area contributed by atoms with Crippen LogP contribution in [0.2, 0.25) is 0 Å². The molecule has 0 bridgehead atoms. The fourth-order valence-corrected chi connectivity index (χ4v) is 2.43. The highest BCUT2D eigenvalue weighted by atomic mass is 16.5. The molecule has 128 valence electrons. The molecule has 2 rings (SSSR count). The zero-order valence-corrected chi connectivity index (χ0v) is 14.2. The zero-order chi connectivity index (χ0) is 17.4. The summed E-state index contributed by atoms with van der Waals surface area (Å²) in [5.74, 6) is 0.668. The molecule has 1 aromatic heterocycles. The molecule has 1 unspecified atom stereocenters. The van der Waals surface area contributed by atoms with E-state index in [4.69, 9.17) is 4.74 Å². The Morgan fingerprint density at radius 3 is 2.83 bits per heavy atom. The van der Waals surface area contributed by atoms with Crippen LogP contribution in [0.4, 0.5) is 0 Å². The molecule has 5 heteroatoms. The third kappa shape index (κ3) is 5.35. The third-order valence-corrected chi connectivity index (χ3v) is 3.80. The first-order valence-electron chi connectivity index (χ1n) is 8.23. The summed E-state index contributed by atoms with van der Waals surface area (Å²) in [6.45, 7) is 4.55. The molecule has 0 saturated heterocycles. The van der Waals surface area contributed by atoms with Crippen LogP contribution < -0.4 is 10.1 Å². The molecule has 0 amide bonds. The minimum absolute atomic E-state index is 0.503. The molecule has 1 aromatic carbocycles. The van der Waals surface area contributed by atoms with E-state index in [2.05, 4.69) is 17.2 Å². The van der Waals surface area contributed by atoms with E-state index in [1.54, 1.807) is 12.4 Å². The summed E-state index contributed by atoms with van der Waals surface area (Å²) >= 11 is 0. The average molecular weight is 328 g/mol. The number of carboxylic acids is 1. The van der Waals surface area contributed by atoms with Gasteiger partial charge in [0.05, 0.1) is 6.20 Å². The molecule has 1 heterocycles. The summed E-state index contributed by atoms with van der Waals surface area (Å²) in [4.78, 5) is 15.3. The summed E-state index contributed by atoms with van der Waals surface area (Å²) < 4.78 is 5.80. The van der Waals surface area contributed by atoms with Crippen molar-refractivity contribution in [2.24, 2.45) is 0 Å². The van der Waals surface area contributed by atoms with E-state index in [1.165, 1.54) is 0 Å². The van der Waals surface area contributed by atoms with Crippen molar-refractivity contribution < 1.29 is 14.6 Å². The number of benzene rings is 1. The topological polar surface area (TPSA) is 71.5 Å². The number of ether oxygens (including phenoxy) is 1. The Kier molecular flexibility index (Phi) is 6.75. The van der Waals surface area contributed by atoms with E-state index >= 15 is 0 Å². The van der Waals surface area contributed by atoms with Crippen LogP contribution in [-0.4, -0.2) is 22.1 Å². The van der Waals surface area contributed by atoms with Gasteiger partial charge in [0.15, 0.2) is 0 Å². The van der Waals surface area contributed by atoms with Crippen LogP contribution in [-0.2, 0) is 11.3 Å². The van der Waals surface area contributed by atoms with E-state index in [9.17, 15) is 9.90 Å². The standard InChI is InChI=1S/C19H24N2O3/c1-3-4-7-17(19(22)23)21-12-15-8-9-18(14(2)11-15)24-16-6-5-10-20-13-16/h5-6,8-11,13,17,21H,3-4,7,12H2,1-2H3,(H,22,23). The largest absolute Gasteiger partial charge is 0.480 e. The Labute approximate surface area is 142 Å². The van der Waals surface area contributed by atoms with Gasteiger partial charge in [0.1, 0.15) is 17.5 Å². The number of unbranched alkanes of at least 4 members (excludes halogenated alkanes) is 1. The van der Waals surface area contributed by atoms with Gasteiger partial charge in [-0.2, -0.15) is 0 Å². The molecule has 0 fully saturated rings. The van der Waals surface area contributed by atoms with Gasteiger partial charge in [-0.1, -0.05) is 31.9 Å². The molecule has 0 radical (unpaired) electrons. The number of hydrogen-bond donors (Lipinski definition) is 2. The predicted octanol–water partition coefficient (Wildman–Crippen LogP) is 3.92. The lowest BCUT2D eigenvalue weighted by molar-refractivity contribution is -0.139. The first-order valence-corrected chi connectivity index (χ1v) is 8.23. The van der Waals surface area contributed by atoms with Gasteiger partial charge < -0.3 is 15.2 Å². The molecule has 0 aliphatic heterocycles. The van der Waals surface area contributed by atoms with Crippen LogP contribution >= 0.6 is 0 Å². The van der Waals surface area contributed by atoms with Crippen molar-refractivity contribution in [1.29, 1.82) is 0 Å². The van der Waals surface area contributed by atoms with Crippen LogP contribution in [0, 0.1) is 6.92 Å². The Morgan fingerprint density at radius 1 is 1.38 bits per heavy atom. The Morgan fingerprint density at radius 2 is 2.21 bits per heavy atom. The second-order valence-electron chi connectivity index (χ2n) is 5.80. The van der Waals surface area contributed by atoms with Crippen molar-refractivity contribution in [1.82, 2.24) is 10.3 Å². The predicted molar refractivity (Wildman–Crippen MR) is 93.3 cm³/mol. The fraction of sp³-hybridized carbons (Fsp3) is 0.368. The molecule has 5 nitrogen and oxygen atoms in total. The number of carbonyl (C=O) groups is 1. The number of pyridine rings is 1. The van der Waals surface area contributed by atoms with Crippen molar-refractivity contribution in [3.63, 3.8) is 0 Å².